The van der Waals surface area contributed by atoms with Gasteiger partial charge in [0.1, 0.15) is 22.5 Å². The fourth-order valence-electron chi connectivity index (χ4n) is 7.16. The first kappa shape index (κ1) is 26.8. The maximum atomic E-state index is 6.51. The van der Waals surface area contributed by atoms with Crippen LogP contribution in [-0.4, -0.2) is 15.0 Å². The van der Waals surface area contributed by atoms with Crippen molar-refractivity contribution in [2.45, 2.75) is 12.8 Å². The molecule has 9 aromatic rings. The Morgan fingerprint density at radius 2 is 1.19 bits per heavy atom. The number of furan rings is 2. The van der Waals surface area contributed by atoms with Gasteiger partial charge in [0.25, 0.3) is 0 Å². The summed E-state index contributed by atoms with van der Waals surface area (Å²) in [6.45, 7) is 0. The zero-order chi connectivity index (χ0) is 31.6. The SMILES string of the molecule is C1=Cc2oc3c(-c4nc(-c5ccccc5)nc(-c5cccc6oc7cccc(-c8ccc9ccccc9c8)c7c56)n4)cccc3c2CC1. The lowest BCUT2D eigenvalue weighted by atomic mass is 9.95. The summed E-state index contributed by atoms with van der Waals surface area (Å²) in [6.07, 6.45) is 6.20. The number of rotatable bonds is 4. The van der Waals surface area contributed by atoms with E-state index in [0.29, 0.717) is 17.5 Å². The van der Waals surface area contributed by atoms with E-state index in [1.54, 1.807) is 0 Å². The van der Waals surface area contributed by atoms with E-state index in [4.69, 9.17) is 23.8 Å². The second-order valence-electron chi connectivity index (χ2n) is 12.3. The van der Waals surface area contributed by atoms with Gasteiger partial charge in [-0.25, -0.2) is 15.0 Å². The summed E-state index contributed by atoms with van der Waals surface area (Å²) in [7, 11) is 0. The third-order valence-corrected chi connectivity index (χ3v) is 9.41. The zero-order valence-corrected chi connectivity index (χ0v) is 25.9. The van der Waals surface area contributed by atoms with Gasteiger partial charge in [-0.15, -0.1) is 0 Å². The first-order valence-corrected chi connectivity index (χ1v) is 16.3. The molecule has 226 valence electrons. The summed E-state index contributed by atoms with van der Waals surface area (Å²) in [6, 6.07) is 43.8. The van der Waals surface area contributed by atoms with Crippen molar-refractivity contribution in [3.8, 4) is 45.3 Å². The van der Waals surface area contributed by atoms with Gasteiger partial charge in [-0.3, -0.25) is 0 Å². The number of nitrogens with zero attached hydrogens (tertiary/aromatic N) is 3. The molecular formula is C43H27N3O2. The number of para-hydroxylation sites is 1. The van der Waals surface area contributed by atoms with Crippen molar-refractivity contribution in [3.05, 3.63) is 145 Å². The van der Waals surface area contributed by atoms with Crippen molar-refractivity contribution in [2.24, 2.45) is 0 Å². The Balaban J connectivity index is 1.24. The molecule has 10 rings (SSSR count). The highest BCUT2D eigenvalue weighted by Crippen LogP contribution is 2.42. The maximum Gasteiger partial charge on any atom is 0.167 e. The molecule has 3 aromatic heterocycles. The fraction of sp³-hybridized carbons (Fsp3) is 0.0465. The summed E-state index contributed by atoms with van der Waals surface area (Å²) in [5.74, 6) is 2.66. The molecule has 5 nitrogen and oxygen atoms in total. The minimum Gasteiger partial charge on any atom is -0.456 e. The van der Waals surface area contributed by atoms with E-state index >= 15 is 0 Å². The summed E-state index contributed by atoms with van der Waals surface area (Å²) in [5.41, 5.74) is 8.51. The Labute approximate surface area is 275 Å². The predicted octanol–water partition coefficient (Wildman–Crippen LogP) is 11.3. The van der Waals surface area contributed by atoms with Crippen LogP contribution in [0, 0.1) is 0 Å². The summed E-state index contributed by atoms with van der Waals surface area (Å²) < 4.78 is 13.0. The van der Waals surface area contributed by atoms with Gasteiger partial charge in [-0.1, -0.05) is 109 Å². The van der Waals surface area contributed by atoms with Gasteiger partial charge in [0.2, 0.25) is 0 Å². The van der Waals surface area contributed by atoms with E-state index in [0.717, 1.165) is 79.3 Å². The number of hydrogen-bond donors (Lipinski definition) is 0. The highest BCUT2D eigenvalue weighted by molar-refractivity contribution is 6.17. The second kappa shape index (κ2) is 10.6. The smallest absolute Gasteiger partial charge is 0.167 e. The molecule has 0 saturated heterocycles. The van der Waals surface area contributed by atoms with Crippen molar-refractivity contribution in [1.82, 2.24) is 15.0 Å². The Morgan fingerprint density at radius 3 is 2.04 bits per heavy atom. The van der Waals surface area contributed by atoms with Crippen LogP contribution >= 0.6 is 0 Å². The molecule has 0 atom stereocenters. The average Bonchev–Trinajstić information content (AvgIpc) is 3.73. The predicted molar refractivity (Wildman–Crippen MR) is 193 cm³/mol. The monoisotopic (exact) mass is 617 g/mol. The number of hydrogen-bond acceptors (Lipinski definition) is 5. The van der Waals surface area contributed by atoms with Gasteiger partial charge < -0.3 is 8.83 Å². The van der Waals surface area contributed by atoms with E-state index in [9.17, 15) is 0 Å². The second-order valence-corrected chi connectivity index (χ2v) is 12.3. The van der Waals surface area contributed by atoms with Crippen LogP contribution in [-0.2, 0) is 6.42 Å². The highest BCUT2D eigenvalue weighted by atomic mass is 16.3. The van der Waals surface area contributed by atoms with Gasteiger partial charge in [0.15, 0.2) is 17.5 Å². The summed E-state index contributed by atoms with van der Waals surface area (Å²) >= 11 is 0. The summed E-state index contributed by atoms with van der Waals surface area (Å²) in [4.78, 5) is 15.4. The van der Waals surface area contributed by atoms with Gasteiger partial charge in [-0.05, 0) is 65.1 Å². The number of allylic oxidation sites excluding steroid dienone is 1. The molecule has 0 saturated carbocycles. The minimum atomic E-state index is 0.569. The molecule has 1 aliphatic carbocycles. The molecule has 1 aliphatic rings. The number of aromatic nitrogens is 3. The quantitative estimate of drug-likeness (QED) is 0.197. The molecule has 0 aliphatic heterocycles. The lowest BCUT2D eigenvalue weighted by Gasteiger charge is -2.10. The lowest BCUT2D eigenvalue weighted by Crippen LogP contribution is -2.00. The van der Waals surface area contributed by atoms with Crippen LogP contribution in [0.1, 0.15) is 17.7 Å². The van der Waals surface area contributed by atoms with E-state index < -0.39 is 0 Å². The van der Waals surface area contributed by atoms with Crippen molar-refractivity contribution >= 4 is 49.8 Å². The van der Waals surface area contributed by atoms with Crippen molar-refractivity contribution in [2.75, 3.05) is 0 Å². The molecule has 6 aromatic carbocycles. The molecule has 3 heterocycles. The minimum absolute atomic E-state index is 0.569. The molecule has 0 spiro atoms. The number of fused-ring (bicyclic) bond motifs is 7. The third kappa shape index (κ3) is 4.21. The average molecular weight is 618 g/mol. The Kier molecular flexibility index (Phi) is 5.93. The molecule has 5 heteroatoms. The van der Waals surface area contributed by atoms with E-state index in [-0.39, 0.29) is 0 Å². The van der Waals surface area contributed by atoms with Gasteiger partial charge in [-0.2, -0.15) is 0 Å². The van der Waals surface area contributed by atoms with Crippen molar-refractivity contribution < 1.29 is 8.83 Å². The van der Waals surface area contributed by atoms with Crippen molar-refractivity contribution in [1.29, 1.82) is 0 Å². The molecular weight excluding hydrogens is 590 g/mol. The molecule has 0 amide bonds. The third-order valence-electron chi connectivity index (χ3n) is 9.41. The van der Waals surface area contributed by atoms with Crippen LogP contribution in [0.5, 0.6) is 0 Å². The van der Waals surface area contributed by atoms with Gasteiger partial charge >= 0.3 is 0 Å². The van der Waals surface area contributed by atoms with Crippen molar-refractivity contribution in [3.63, 3.8) is 0 Å². The molecule has 0 N–H and O–H groups in total. The van der Waals surface area contributed by atoms with E-state index in [2.05, 4.69) is 84.9 Å². The van der Waals surface area contributed by atoms with Crippen LogP contribution in [0.3, 0.4) is 0 Å². The lowest BCUT2D eigenvalue weighted by molar-refractivity contribution is 0.596. The standard InChI is InChI=1S/C43H27N3O2/c1-2-12-27(13-3-1)41-44-42(46-43(45-41)34-19-8-17-32-31-15-6-7-20-35(31)48-40(32)34)33-18-10-22-37-39(33)38-30(16-9-21-36(38)47-37)29-24-23-26-11-4-5-14-28(26)25-29/h1-5,7-14,16-25H,6,15H2. The Bertz CT molecular complexity index is 2740. The first-order valence-electron chi connectivity index (χ1n) is 16.3. The van der Waals surface area contributed by atoms with Crippen LogP contribution in [0.4, 0.5) is 0 Å². The van der Waals surface area contributed by atoms with Crippen LogP contribution < -0.4 is 0 Å². The highest BCUT2D eigenvalue weighted by Gasteiger charge is 2.23. The molecule has 48 heavy (non-hydrogen) atoms. The Morgan fingerprint density at radius 1 is 0.500 bits per heavy atom. The number of benzene rings is 6. The van der Waals surface area contributed by atoms with E-state index in [1.807, 2.05) is 54.6 Å². The summed E-state index contributed by atoms with van der Waals surface area (Å²) in [5, 5.41) is 5.52. The Hall–Kier alpha value is -6.33. The zero-order valence-electron chi connectivity index (χ0n) is 25.9. The fourth-order valence-corrected chi connectivity index (χ4v) is 7.16. The molecule has 0 fully saturated rings. The number of aryl methyl sites for hydroxylation is 1. The van der Waals surface area contributed by atoms with Crippen LogP contribution in [0.15, 0.2) is 142 Å². The van der Waals surface area contributed by atoms with E-state index in [1.165, 1.54) is 16.3 Å². The maximum absolute atomic E-state index is 6.51. The normalized spacial score (nSPS) is 12.8. The largest absolute Gasteiger partial charge is 0.456 e. The first-order chi connectivity index (χ1) is 23.8. The van der Waals surface area contributed by atoms with Crippen LogP contribution in [0.2, 0.25) is 0 Å². The van der Waals surface area contributed by atoms with Gasteiger partial charge in [0, 0.05) is 32.8 Å². The topological polar surface area (TPSA) is 65.0 Å². The molecule has 0 radical (unpaired) electrons. The van der Waals surface area contributed by atoms with Gasteiger partial charge in [0.05, 0.1) is 5.56 Å². The van der Waals surface area contributed by atoms with Crippen LogP contribution in [0.25, 0.3) is 95.0 Å². The molecule has 0 bridgehead atoms. The molecule has 0 unspecified atom stereocenters.